The van der Waals surface area contributed by atoms with Crippen molar-refractivity contribution < 1.29 is 19.5 Å². The van der Waals surface area contributed by atoms with Crippen LogP contribution in [0.3, 0.4) is 0 Å². The Morgan fingerprint density at radius 3 is 2.96 bits per heavy atom. The minimum absolute atomic E-state index is 0.00509. The van der Waals surface area contributed by atoms with Crippen molar-refractivity contribution in [2.24, 2.45) is 5.92 Å². The highest BCUT2D eigenvalue weighted by Gasteiger charge is 2.52. The molecule has 1 saturated heterocycles. The van der Waals surface area contributed by atoms with E-state index in [9.17, 15) is 19.5 Å². The predicted molar refractivity (Wildman–Crippen MR) is 105 cm³/mol. The standard InChI is InChI=1S/C18H19N5O4S/c1-8-4-11-15(16(25)23(11)12(5-8)17(26)27)22-14(24)7-20-9-2-3-10-13(6-9)28-18(19)21-10/h2-3,5-6,8,11,15,20H,4,7H2,1H3,(H2,19,21)(H,22,24)(H,26,27)/t8-,11+,15-/m0/s1. The lowest BCUT2D eigenvalue weighted by Crippen LogP contribution is -2.72. The Balaban J connectivity index is 1.37. The highest BCUT2D eigenvalue weighted by molar-refractivity contribution is 7.22. The van der Waals surface area contributed by atoms with Gasteiger partial charge in [-0.3, -0.25) is 14.5 Å². The van der Waals surface area contributed by atoms with E-state index >= 15 is 0 Å². The number of nitrogens with one attached hydrogen (secondary N) is 2. The third-order valence-electron chi connectivity index (χ3n) is 4.93. The highest BCUT2D eigenvalue weighted by atomic mass is 32.1. The van der Waals surface area contributed by atoms with Gasteiger partial charge in [0.1, 0.15) is 11.7 Å². The van der Waals surface area contributed by atoms with Crippen molar-refractivity contribution >= 4 is 50.2 Å². The zero-order valence-corrected chi connectivity index (χ0v) is 15.8. The first-order valence-corrected chi connectivity index (χ1v) is 9.62. The molecule has 28 heavy (non-hydrogen) atoms. The lowest BCUT2D eigenvalue weighted by Gasteiger charge is -2.50. The largest absolute Gasteiger partial charge is 0.477 e. The molecular formula is C18H19N5O4S. The summed E-state index contributed by atoms with van der Waals surface area (Å²) in [4.78, 5) is 41.4. The molecule has 2 aromatic rings. The number of aromatic nitrogens is 1. The second-order valence-corrected chi connectivity index (χ2v) is 8.04. The Morgan fingerprint density at radius 2 is 2.21 bits per heavy atom. The third kappa shape index (κ3) is 3.15. The fourth-order valence-electron chi connectivity index (χ4n) is 3.67. The number of hydrogen-bond acceptors (Lipinski definition) is 7. The number of nitrogens with two attached hydrogens (primary N) is 1. The number of β-lactam (4-membered cyclic amide) rings is 1. The molecule has 0 radical (unpaired) electrons. The van der Waals surface area contributed by atoms with Crippen LogP contribution in [0.1, 0.15) is 13.3 Å². The number of anilines is 2. The van der Waals surface area contributed by atoms with Gasteiger partial charge in [0.05, 0.1) is 22.8 Å². The van der Waals surface area contributed by atoms with Crippen LogP contribution in [0.5, 0.6) is 0 Å². The predicted octanol–water partition coefficient (Wildman–Crippen LogP) is 0.994. The van der Waals surface area contributed by atoms with E-state index in [0.717, 1.165) is 15.9 Å². The summed E-state index contributed by atoms with van der Waals surface area (Å²) in [5.74, 6) is -1.83. The molecule has 1 aromatic carbocycles. The van der Waals surface area contributed by atoms with Gasteiger partial charge in [0.2, 0.25) is 5.91 Å². The summed E-state index contributed by atoms with van der Waals surface area (Å²) in [6.07, 6.45) is 2.20. The minimum atomic E-state index is -1.13. The molecule has 2 aliphatic rings. The van der Waals surface area contributed by atoms with Crippen LogP contribution in [0.25, 0.3) is 10.2 Å². The second-order valence-electron chi connectivity index (χ2n) is 6.98. The van der Waals surface area contributed by atoms with Crippen molar-refractivity contribution in [3.05, 3.63) is 30.0 Å². The number of carbonyl (C=O) groups is 3. The van der Waals surface area contributed by atoms with E-state index in [4.69, 9.17) is 5.73 Å². The van der Waals surface area contributed by atoms with Crippen LogP contribution in [0.2, 0.25) is 0 Å². The van der Waals surface area contributed by atoms with Crippen molar-refractivity contribution in [1.82, 2.24) is 15.2 Å². The second kappa shape index (κ2) is 6.79. The van der Waals surface area contributed by atoms with Crippen molar-refractivity contribution in [3.63, 3.8) is 0 Å². The molecular weight excluding hydrogens is 382 g/mol. The number of thiazole rings is 1. The molecule has 1 aromatic heterocycles. The number of carbonyl (C=O) groups excluding carboxylic acids is 2. The fraction of sp³-hybridized carbons (Fsp3) is 0.333. The quantitative estimate of drug-likeness (QED) is 0.548. The third-order valence-corrected chi connectivity index (χ3v) is 5.78. The molecule has 1 fully saturated rings. The zero-order chi connectivity index (χ0) is 20.0. The maximum absolute atomic E-state index is 12.3. The summed E-state index contributed by atoms with van der Waals surface area (Å²) >= 11 is 1.36. The monoisotopic (exact) mass is 401 g/mol. The summed E-state index contributed by atoms with van der Waals surface area (Å²) in [6.45, 7) is 1.89. The first-order chi connectivity index (χ1) is 13.3. The molecule has 3 atom stereocenters. The van der Waals surface area contributed by atoms with E-state index in [2.05, 4.69) is 15.6 Å². The van der Waals surface area contributed by atoms with E-state index in [0.29, 0.717) is 11.6 Å². The number of amides is 2. The smallest absolute Gasteiger partial charge is 0.352 e. The SMILES string of the molecule is C[C@@H]1C=C(C(=O)O)N2C(=O)[C@@H](NC(=O)CNc3ccc4nc(N)sc4c3)[C@H]2C1. The summed E-state index contributed by atoms with van der Waals surface area (Å²) in [7, 11) is 0. The number of allylic oxidation sites excluding steroid dienone is 1. The van der Waals surface area contributed by atoms with Crippen molar-refractivity contribution in [1.29, 1.82) is 0 Å². The number of nitrogen functional groups attached to an aromatic ring is 1. The van der Waals surface area contributed by atoms with Gasteiger partial charge in [0.15, 0.2) is 5.13 Å². The van der Waals surface area contributed by atoms with Crippen LogP contribution in [-0.2, 0) is 14.4 Å². The number of fused-ring (bicyclic) bond motifs is 2. The maximum Gasteiger partial charge on any atom is 0.352 e. The van der Waals surface area contributed by atoms with Crippen molar-refractivity contribution in [3.8, 4) is 0 Å². The molecule has 0 saturated carbocycles. The highest BCUT2D eigenvalue weighted by Crippen LogP contribution is 2.35. The number of aliphatic carboxylic acids is 1. The average Bonchev–Trinajstić information content (AvgIpc) is 3.02. The van der Waals surface area contributed by atoms with Crippen LogP contribution in [0.4, 0.5) is 10.8 Å². The first-order valence-electron chi connectivity index (χ1n) is 8.81. The van der Waals surface area contributed by atoms with Crippen LogP contribution >= 0.6 is 11.3 Å². The lowest BCUT2D eigenvalue weighted by atomic mass is 9.82. The van der Waals surface area contributed by atoms with Gasteiger partial charge in [-0.2, -0.15) is 0 Å². The number of benzene rings is 1. The van der Waals surface area contributed by atoms with Gasteiger partial charge in [-0.15, -0.1) is 0 Å². The Labute approximate surface area is 164 Å². The van der Waals surface area contributed by atoms with Gasteiger partial charge < -0.3 is 21.5 Å². The molecule has 146 valence electrons. The normalized spacial score (nSPS) is 23.6. The van der Waals surface area contributed by atoms with Gasteiger partial charge in [-0.1, -0.05) is 24.3 Å². The Hall–Kier alpha value is -3.14. The topological polar surface area (TPSA) is 138 Å². The van der Waals surface area contributed by atoms with Crippen molar-refractivity contribution in [2.75, 3.05) is 17.6 Å². The van der Waals surface area contributed by atoms with E-state index in [1.807, 2.05) is 19.1 Å². The molecule has 2 aliphatic heterocycles. The molecule has 9 nitrogen and oxygen atoms in total. The first kappa shape index (κ1) is 18.2. The van der Waals surface area contributed by atoms with Crippen LogP contribution in [-0.4, -0.2) is 51.4 Å². The van der Waals surface area contributed by atoms with Gasteiger partial charge in [-0.25, -0.2) is 9.78 Å². The van der Waals surface area contributed by atoms with Crippen LogP contribution < -0.4 is 16.4 Å². The molecule has 0 spiro atoms. The van der Waals surface area contributed by atoms with Gasteiger partial charge >= 0.3 is 5.97 Å². The molecule has 0 bridgehead atoms. The molecule has 0 unspecified atom stereocenters. The maximum atomic E-state index is 12.3. The van der Waals surface area contributed by atoms with Gasteiger partial charge in [0.25, 0.3) is 5.91 Å². The van der Waals surface area contributed by atoms with E-state index in [-0.39, 0.29) is 36.0 Å². The Morgan fingerprint density at radius 1 is 1.43 bits per heavy atom. The number of carboxylic acid groups (broad SMARTS) is 1. The van der Waals surface area contributed by atoms with Gasteiger partial charge in [0, 0.05) is 5.69 Å². The average molecular weight is 401 g/mol. The van der Waals surface area contributed by atoms with E-state index in [1.54, 1.807) is 12.1 Å². The molecule has 3 heterocycles. The Kier molecular flexibility index (Phi) is 4.42. The number of carboxylic acids is 1. The van der Waals surface area contributed by atoms with Crippen molar-refractivity contribution in [2.45, 2.75) is 25.4 Å². The number of hydrogen-bond donors (Lipinski definition) is 4. The number of nitrogens with zero attached hydrogens (tertiary/aromatic N) is 2. The summed E-state index contributed by atoms with van der Waals surface area (Å²) in [6, 6.07) is 4.47. The molecule has 5 N–H and O–H groups in total. The summed E-state index contributed by atoms with van der Waals surface area (Å²) < 4.78 is 0.914. The number of rotatable bonds is 5. The summed E-state index contributed by atoms with van der Waals surface area (Å²) in [5.41, 5.74) is 7.23. The fourth-order valence-corrected chi connectivity index (χ4v) is 4.45. The van der Waals surface area contributed by atoms with E-state index < -0.39 is 12.0 Å². The minimum Gasteiger partial charge on any atom is -0.477 e. The molecule has 4 rings (SSSR count). The lowest BCUT2D eigenvalue weighted by molar-refractivity contribution is -0.156. The van der Waals surface area contributed by atoms with E-state index in [1.165, 1.54) is 16.2 Å². The zero-order valence-electron chi connectivity index (χ0n) is 15.0. The van der Waals surface area contributed by atoms with Gasteiger partial charge in [-0.05, 0) is 30.5 Å². The Bertz CT molecular complexity index is 1020. The molecule has 0 aliphatic carbocycles. The summed E-state index contributed by atoms with van der Waals surface area (Å²) in [5, 5.41) is 15.5. The molecule has 10 heteroatoms. The van der Waals surface area contributed by atoms with Crippen LogP contribution in [0, 0.1) is 5.92 Å². The molecule has 2 amide bonds. The van der Waals surface area contributed by atoms with Crippen LogP contribution in [0.15, 0.2) is 30.0 Å².